The normalized spacial score (nSPS) is 22.6. The molecule has 13 nitrogen and oxygen atoms in total. The minimum absolute atomic E-state index is 0.0138. The number of halogens is 1. The van der Waals surface area contributed by atoms with E-state index in [-0.39, 0.29) is 22.7 Å². The molecule has 3 aromatic rings. The number of nitrogens with one attached hydrogen (secondary N) is 5. The quantitative estimate of drug-likeness (QED) is 0.205. The molecule has 0 bridgehead atoms. The minimum atomic E-state index is -3.97. The van der Waals surface area contributed by atoms with Crippen LogP contribution in [0.15, 0.2) is 41.1 Å². The van der Waals surface area contributed by atoms with Gasteiger partial charge in [-0.05, 0) is 56.7 Å². The van der Waals surface area contributed by atoms with E-state index >= 15 is 0 Å². The van der Waals surface area contributed by atoms with E-state index in [1.165, 1.54) is 24.3 Å². The van der Waals surface area contributed by atoms with Crippen LogP contribution in [0.4, 0.5) is 21.1 Å². The van der Waals surface area contributed by atoms with Crippen LogP contribution >= 0.6 is 0 Å². The van der Waals surface area contributed by atoms with E-state index in [2.05, 4.69) is 41.1 Å². The van der Waals surface area contributed by atoms with Gasteiger partial charge < -0.3 is 16.0 Å². The Kier molecular flexibility index (Phi) is 6.38. The first-order valence-corrected chi connectivity index (χ1v) is 14.1. The van der Waals surface area contributed by atoms with Crippen LogP contribution in [0.2, 0.25) is 0 Å². The minimum Gasteiger partial charge on any atom is -0.351 e. The lowest BCUT2D eigenvalue weighted by atomic mass is 9.92. The number of carbonyl (C=O) groups is 2. The van der Waals surface area contributed by atoms with Gasteiger partial charge in [-0.25, -0.2) is 22.3 Å². The fourth-order valence-corrected chi connectivity index (χ4v) is 6.07. The van der Waals surface area contributed by atoms with Crippen LogP contribution in [-0.4, -0.2) is 58.1 Å². The summed E-state index contributed by atoms with van der Waals surface area (Å²) in [4.78, 5) is 32.4. The Morgan fingerprint density at radius 1 is 0.949 bits per heavy atom. The molecule has 0 atom stereocenters. The number of hydrogen-bond donors (Lipinski definition) is 5. The smallest absolute Gasteiger partial charge is 0.326 e. The molecule has 204 valence electrons. The summed E-state index contributed by atoms with van der Waals surface area (Å²) in [5.74, 6) is -0.457. The lowest BCUT2D eigenvalue weighted by molar-refractivity contribution is -0.115. The number of sulfonamides is 1. The van der Waals surface area contributed by atoms with Crippen LogP contribution in [-0.2, 0) is 14.8 Å². The number of nitrogens with zero attached hydrogens (tertiary/aromatic N) is 4. The highest BCUT2D eigenvalue weighted by molar-refractivity contribution is 7.89. The number of anilines is 2. The molecule has 1 aromatic carbocycles. The molecule has 15 heteroatoms. The summed E-state index contributed by atoms with van der Waals surface area (Å²) in [6.45, 7) is 0. The van der Waals surface area contributed by atoms with E-state index in [1.54, 1.807) is 10.7 Å². The third-order valence-corrected chi connectivity index (χ3v) is 8.39. The zero-order chi connectivity index (χ0) is 27.1. The predicted molar refractivity (Wildman–Crippen MR) is 138 cm³/mol. The van der Waals surface area contributed by atoms with Crippen LogP contribution in [0.5, 0.6) is 0 Å². The summed E-state index contributed by atoms with van der Waals surface area (Å²) in [5.41, 5.74) is 1.07. The summed E-state index contributed by atoms with van der Waals surface area (Å²) in [5, 5.41) is 15.7. The molecule has 3 heterocycles. The number of carbonyl (C=O) groups excluding carboxylic acids is 2. The van der Waals surface area contributed by atoms with Gasteiger partial charge in [-0.3, -0.25) is 10.1 Å². The molecule has 3 amide bonds. The lowest BCUT2D eigenvalue weighted by Gasteiger charge is -2.29. The molecule has 5 N–H and O–H groups in total. The van der Waals surface area contributed by atoms with E-state index in [1.807, 2.05) is 0 Å². The standard InChI is InChI=1S/C24H26FN9O4S/c25-17-3-1-2-4-19(17)39(37,38)33-16-9-7-14(8-10-16)27-22-30-20-13(11-18-21(35)31-24(36)29-18)12-26-34(20)23(32-22)28-15-5-6-15/h1-4,11-12,14-16,33H,5-10H2,(H2,27,28,30,32)(H2,29,31,35,36)/b18-11-/t14-,16-. The monoisotopic (exact) mass is 555 g/mol. The van der Waals surface area contributed by atoms with Crippen LogP contribution in [0.25, 0.3) is 11.7 Å². The third-order valence-electron chi connectivity index (χ3n) is 6.83. The van der Waals surface area contributed by atoms with Crippen molar-refractivity contribution in [3.8, 4) is 0 Å². The van der Waals surface area contributed by atoms with Crippen LogP contribution < -0.4 is 26.0 Å². The molecule has 1 aliphatic heterocycles. The summed E-state index contributed by atoms with van der Waals surface area (Å²) in [7, 11) is -3.97. The highest BCUT2D eigenvalue weighted by Crippen LogP contribution is 2.27. The molecular weight excluding hydrogens is 529 g/mol. The second kappa shape index (κ2) is 9.89. The molecular formula is C24H26FN9O4S. The molecule has 0 unspecified atom stereocenters. The first kappa shape index (κ1) is 25.2. The summed E-state index contributed by atoms with van der Waals surface area (Å²) in [6, 6.07) is 4.68. The maximum Gasteiger partial charge on any atom is 0.326 e. The molecule has 2 saturated carbocycles. The van der Waals surface area contributed by atoms with Gasteiger partial charge in [0.1, 0.15) is 16.4 Å². The van der Waals surface area contributed by atoms with Crippen LogP contribution in [0.1, 0.15) is 44.1 Å². The summed E-state index contributed by atoms with van der Waals surface area (Å²) < 4.78 is 43.5. The van der Waals surface area contributed by atoms with Gasteiger partial charge in [0.05, 0.1) is 6.20 Å². The maximum absolute atomic E-state index is 14.0. The third kappa shape index (κ3) is 5.40. The fourth-order valence-electron chi connectivity index (χ4n) is 4.69. The second-order valence-electron chi connectivity index (χ2n) is 9.84. The molecule has 2 aromatic heterocycles. The Balaban J connectivity index is 1.18. The number of aromatic nitrogens is 4. The Hall–Kier alpha value is -4.11. The average Bonchev–Trinajstić information content (AvgIpc) is 3.53. The van der Waals surface area contributed by atoms with Gasteiger partial charge in [0.2, 0.25) is 21.9 Å². The van der Waals surface area contributed by atoms with Crippen molar-refractivity contribution in [2.24, 2.45) is 0 Å². The summed E-state index contributed by atoms with van der Waals surface area (Å²) >= 11 is 0. The van der Waals surface area contributed by atoms with E-state index < -0.39 is 27.8 Å². The Labute approximate surface area is 222 Å². The molecule has 6 rings (SSSR count). The number of rotatable bonds is 8. The number of benzene rings is 1. The van der Waals surface area contributed by atoms with Gasteiger partial charge in [-0.1, -0.05) is 12.1 Å². The van der Waals surface area contributed by atoms with Crippen LogP contribution in [0.3, 0.4) is 0 Å². The highest BCUT2D eigenvalue weighted by atomic mass is 32.2. The number of imide groups is 1. The largest absolute Gasteiger partial charge is 0.351 e. The Morgan fingerprint density at radius 3 is 2.33 bits per heavy atom. The van der Waals surface area contributed by atoms with Crippen molar-refractivity contribution in [2.75, 3.05) is 10.6 Å². The van der Waals surface area contributed by atoms with Crippen molar-refractivity contribution in [3.05, 3.63) is 47.5 Å². The zero-order valence-electron chi connectivity index (χ0n) is 20.6. The Bertz CT molecular complexity index is 1590. The van der Waals surface area contributed by atoms with Crippen molar-refractivity contribution in [1.29, 1.82) is 0 Å². The average molecular weight is 556 g/mol. The highest BCUT2D eigenvalue weighted by Gasteiger charge is 2.29. The van der Waals surface area contributed by atoms with Crippen molar-refractivity contribution in [1.82, 2.24) is 34.9 Å². The fraction of sp³-hybridized carbons (Fsp3) is 0.375. The molecule has 2 aliphatic carbocycles. The molecule has 3 fully saturated rings. The van der Waals surface area contributed by atoms with Crippen LogP contribution in [0, 0.1) is 5.82 Å². The number of urea groups is 1. The van der Waals surface area contributed by atoms with E-state index in [9.17, 15) is 22.4 Å². The molecule has 3 aliphatic rings. The van der Waals surface area contributed by atoms with Gasteiger partial charge in [0.25, 0.3) is 5.91 Å². The molecule has 0 radical (unpaired) electrons. The SMILES string of the molecule is O=C1NC(=O)/C(=C/c2cnn3c(NC4CC4)nc(N[C@H]4CC[C@H](NS(=O)(=O)c5ccccc5F)CC4)nc23)N1. The predicted octanol–water partition coefficient (Wildman–Crippen LogP) is 1.72. The second-order valence-corrected chi connectivity index (χ2v) is 11.5. The summed E-state index contributed by atoms with van der Waals surface area (Å²) in [6.07, 6.45) is 7.49. The van der Waals surface area contributed by atoms with Gasteiger partial charge in [0.15, 0.2) is 5.65 Å². The van der Waals surface area contributed by atoms with Crippen molar-refractivity contribution >= 4 is 45.6 Å². The first-order valence-electron chi connectivity index (χ1n) is 12.6. The molecule has 39 heavy (non-hydrogen) atoms. The van der Waals surface area contributed by atoms with E-state index in [0.717, 1.165) is 18.9 Å². The van der Waals surface area contributed by atoms with Crippen molar-refractivity contribution < 1.29 is 22.4 Å². The topological polar surface area (TPSA) is 172 Å². The number of fused-ring (bicyclic) bond motifs is 1. The maximum atomic E-state index is 14.0. The first-order chi connectivity index (χ1) is 18.7. The van der Waals surface area contributed by atoms with Gasteiger partial charge in [0, 0.05) is 23.7 Å². The van der Waals surface area contributed by atoms with Gasteiger partial charge in [-0.15, -0.1) is 0 Å². The van der Waals surface area contributed by atoms with E-state index in [4.69, 9.17) is 0 Å². The molecule has 0 spiro atoms. The zero-order valence-corrected chi connectivity index (χ0v) is 21.5. The van der Waals surface area contributed by atoms with Crippen molar-refractivity contribution in [3.63, 3.8) is 0 Å². The molecule has 1 saturated heterocycles. The van der Waals surface area contributed by atoms with E-state index in [0.29, 0.717) is 54.8 Å². The van der Waals surface area contributed by atoms with Gasteiger partial charge in [-0.2, -0.15) is 19.6 Å². The Morgan fingerprint density at radius 2 is 1.64 bits per heavy atom. The lowest BCUT2D eigenvalue weighted by Crippen LogP contribution is -2.40. The number of amides is 3. The number of hydrogen-bond acceptors (Lipinski definition) is 9. The van der Waals surface area contributed by atoms with Crippen molar-refractivity contribution in [2.45, 2.75) is 61.5 Å². The van der Waals surface area contributed by atoms with Gasteiger partial charge >= 0.3 is 6.03 Å².